The fraction of sp³-hybridized carbons (Fsp3) is 0.587. The van der Waals surface area contributed by atoms with Crippen LogP contribution >= 0.6 is 11.6 Å². The number of anilines is 1. The van der Waals surface area contributed by atoms with Gasteiger partial charge in [-0.2, -0.15) is 0 Å². The number of halogens is 1. The second kappa shape index (κ2) is 17.5. The number of nitrogens with zero attached hydrogens (tertiary/aromatic N) is 6. The Morgan fingerprint density at radius 2 is 1.92 bits per heavy atom. The standard InChI is InChI=1S/C46H60ClN7O7S/c1-31-7-5-16-46(59-4,29-52-17-19-53(20-18-52)36-25-60-26-36)39-12-9-34(39)23-54-28-45(15-6-8-32-21-35(47)11-13-38(32)45)30-61-41-14-10-33(22-40(41)54)42(55)49-62(57,27-31)50-43(56)37-24-51(2)48-44(37)58-3/h5,10-11,13-14,16,21-22,24,31,34,36,39H,6-9,12,15,17-20,23,25-30H2,1-4H3,(H,49,50,55,56,57)/b16-5-/t31-,34-,39+,45-,46+,62?/m0/s1. The number of aryl methyl sites for hydroxylation is 2. The SMILES string of the molecule is COc1nn(C)cc1C(=O)NS1(=O)=NC(=O)c2ccc3c(c2)N(C[C@@H]2CC[C@H]2[C@@](CN2CCN(C4COC4)CC2)(OC)/C=C\C[C@H](C)C1)C[C@@]1(CCCc2cc(Cl)ccc21)CO3. The van der Waals surface area contributed by atoms with Gasteiger partial charge in [0.2, 0.25) is 5.88 Å². The molecule has 2 aromatic carbocycles. The number of benzene rings is 2. The summed E-state index contributed by atoms with van der Waals surface area (Å²) in [7, 11) is 1.27. The van der Waals surface area contributed by atoms with Crippen molar-refractivity contribution in [3.8, 4) is 11.6 Å². The molecule has 3 aromatic rings. The van der Waals surface area contributed by atoms with E-state index in [9.17, 15) is 13.8 Å². The molecule has 62 heavy (non-hydrogen) atoms. The zero-order chi connectivity index (χ0) is 43.2. The number of fused-ring (bicyclic) bond motifs is 4. The maximum absolute atomic E-state index is 15.0. The summed E-state index contributed by atoms with van der Waals surface area (Å²) in [4.78, 5) is 35.6. The summed E-state index contributed by atoms with van der Waals surface area (Å²) in [6.07, 6.45) is 11.5. The predicted molar refractivity (Wildman–Crippen MR) is 239 cm³/mol. The molecule has 6 aliphatic rings. The van der Waals surface area contributed by atoms with Gasteiger partial charge in [0.15, 0.2) is 0 Å². The van der Waals surface area contributed by atoms with Crippen LogP contribution in [0.4, 0.5) is 5.69 Å². The van der Waals surface area contributed by atoms with E-state index in [-0.39, 0.29) is 40.0 Å². The number of amides is 2. The molecular formula is C46H60ClN7O7S. The average molecular weight is 891 g/mol. The van der Waals surface area contributed by atoms with Crippen LogP contribution in [0, 0.1) is 17.8 Å². The van der Waals surface area contributed by atoms with Crippen molar-refractivity contribution in [3.63, 3.8) is 0 Å². The van der Waals surface area contributed by atoms with Gasteiger partial charge in [-0.15, -0.1) is 9.46 Å². The van der Waals surface area contributed by atoms with E-state index in [0.29, 0.717) is 37.3 Å². The fourth-order valence-corrected chi connectivity index (χ4v) is 12.9. The summed E-state index contributed by atoms with van der Waals surface area (Å²) < 4.78 is 47.9. The number of carbonyl (C=O) groups is 2. The van der Waals surface area contributed by atoms with E-state index in [1.54, 1.807) is 13.1 Å². The second-order valence-corrected chi connectivity index (χ2v) is 20.9. The number of allylic oxidation sites excluding steroid dienone is 1. The van der Waals surface area contributed by atoms with Crippen molar-refractivity contribution in [2.45, 2.75) is 62.5 Å². The van der Waals surface area contributed by atoms with Gasteiger partial charge in [-0.25, -0.2) is 4.21 Å². The maximum Gasteiger partial charge on any atom is 0.286 e. The van der Waals surface area contributed by atoms with Crippen molar-refractivity contribution in [3.05, 3.63) is 82.0 Å². The van der Waals surface area contributed by atoms with Gasteiger partial charge in [0.1, 0.15) is 26.8 Å². The molecule has 2 saturated heterocycles. The molecule has 2 amide bonds. The van der Waals surface area contributed by atoms with Crippen LogP contribution in [-0.4, -0.2) is 133 Å². The Morgan fingerprint density at radius 3 is 2.65 bits per heavy atom. The highest BCUT2D eigenvalue weighted by Gasteiger charge is 2.50. The van der Waals surface area contributed by atoms with Gasteiger partial charge >= 0.3 is 0 Å². The first-order valence-electron chi connectivity index (χ1n) is 22.2. The molecule has 6 atom stereocenters. The molecule has 1 saturated carbocycles. The number of ether oxygens (including phenoxy) is 4. The number of piperazine rings is 1. The lowest BCUT2D eigenvalue weighted by molar-refractivity contribution is -0.107. The quantitative estimate of drug-likeness (QED) is 0.300. The lowest BCUT2D eigenvalue weighted by Crippen LogP contribution is -2.61. The molecule has 334 valence electrons. The van der Waals surface area contributed by atoms with Gasteiger partial charge in [0.05, 0.1) is 44.4 Å². The summed E-state index contributed by atoms with van der Waals surface area (Å²) in [5.74, 6) is -0.334. The first-order valence-corrected chi connectivity index (χ1v) is 24.2. The number of methoxy groups -OCH3 is 2. The minimum atomic E-state index is -3.66. The first kappa shape index (κ1) is 43.3. The number of hydrogen-bond donors (Lipinski definition) is 1. The molecular weight excluding hydrogens is 830 g/mol. The van der Waals surface area contributed by atoms with Gasteiger partial charge in [-0.3, -0.25) is 28.8 Å². The lowest BCUT2D eigenvalue weighted by atomic mass is 9.63. The third kappa shape index (κ3) is 8.52. The van der Waals surface area contributed by atoms with Crippen LogP contribution in [0.2, 0.25) is 5.02 Å². The van der Waals surface area contributed by atoms with Gasteiger partial charge in [-0.1, -0.05) is 36.7 Å². The molecule has 1 unspecified atom stereocenters. The number of nitrogens with one attached hydrogen (secondary N) is 1. The van der Waals surface area contributed by atoms with Crippen LogP contribution in [0.25, 0.3) is 0 Å². The second-order valence-electron chi connectivity index (χ2n) is 18.5. The molecule has 3 fully saturated rings. The van der Waals surface area contributed by atoms with Crippen LogP contribution in [0.1, 0.15) is 70.9 Å². The van der Waals surface area contributed by atoms with Crippen molar-refractivity contribution >= 4 is 39.0 Å². The Labute approximate surface area is 370 Å². The summed E-state index contributed by atoms with van der Waals surface area (Å²) in [5, 5.41) is 4.94. The van der Waals surface area contributed by atoms with Crippen LogP contribution in [0.15, 0.2) is 59.1 Å². The summed E-state index contributed by atoms with van der Waals surface area (Å²) in [6.45, 7) is 10.2. The van der Waals surface area contributed by atoms with Gasteiger partial charge < -0.3 is 23.8 Å². The lowest BCUT2D eigenvalue weighted by Gasteiger charge is -2.52. The predicted octanol–water partition coefficient (Wildman–Crippen LogP) is 5.53. The molecule has 2 aliphatic carbocycles. The van der Waals surface area contributed by atoms with Crippen molar-refractivity contribution in [2.75, 3.05) is 90.5 Å². The molecule has 1 spiro atoms. The molecule has 9 rings (SSSR count). The van der Waals surface area contributed by atoms with Gasteiger partial charge in [-0.05, 0) is 97.7 Å². The Bertz CT molecular complexity index is 2340. The van der Waals surface area contributed by atoms with Crippen molar-refractivity contribution in [2.24, 2.45) is 29.2 Å². The highest BCUT2D eigenvalue weighted by Crippen LogP contribution is 2.49. The largest absolute Gasteiger partial charge is 0.490 e. The molecule has 1 aromatic heterocycles. The van der Waals surface area contributed by atoms with Crippen LogP contribution in [0.5, 0.6) is 11.6 Å². The maximum atomic E-state index is 15.0. The van der Waals surface area contributed by atoms with E-state index in [0.717, 1.165) is 95.3 Å². The van der Waals surface area contributed by atoms with Crippen LogP contribution < -0.4 is 19.1 Å². The Hall–Kier alpha value is -3.99. The summed E-state index contributed by atoms with van der Waals surface area (Å²) in [6, 6.07) is 12.2. The molecule has 5 heterocycles. The monoisotopic (exact) mass is 889 g/mol. The number of aromatic nitrogens is 2. The van der Waals surface area contributed by atoms with Gasteiger partial charge in [0, 0.05) is 82.2 Å². The van der Waals surface area contributed by atoms with E-state index in [1.807, 2.05) is 32.2 Å². The number of carbonyl (C=O) groups excluding carboxylic acids is 2. The van der Waals surface area contributed by atoms with Crippen molar-refractivity contribution in [1.29, 1.82) is 0 Å². The highest BCUT2D eigenvalue weighted by molar-refractivity contribution is 7.92. The van der Waals surface area contributed by atoms with E-state index in [4.69, 9.17) is 30.5 Å². The highest BCUT2D eigenvalue weighted by atomic mass is 35.5. The molecule has 4 aliphatic heterocycles. The topological polar surface area (TPSA) is 140 Å². The zero-order valence-electron chi connectivity index (χ0n) is 36.4. The Kier molecular flexibility index (Phi) is 12.2. The van der Waals surface area contributed by atoms with E-state index in [1.165, 1.54) is 29.1 Å². The fourth-order valence-electron chi connectivity index (χ4n) is 10.8. The zero-order valence-corrected chi connectivity index (χ0v) is 37.9. The average Bonchev–Trinajstić information content (AvgIpc) is 3.54. The Balaban J connectivity index is 1.11. The smallest absolute Gasteiger partial charge is 0.286 e. The summed E-state index contributed by atoms with van der Waals surface area (Å²) >= 11 is 6.56. The minimum absolute atomic E-state index is 0.0532. The molecule has 14 nitrogen and oxygen atoms in total. The van der Waals surface area contributed by atoms with Crippen LogP contribution in [0.3, 0.4) is 0 Å². The van der Waals surface area contributed by atoms with Crippen LogP contribution in [-0.2, 0) is 38.3 Å². The molecule has 1 N–H and O–H groups in total. The van der Waals surface area contributed by atoms with Crippen molar-refractivity contribution < 1.29 is 32.7 Å². The molecule has 2 bridgehead atoms. The molecule has 16 heteroatoms. The van der Waals surface area contributed by atoms with E-state index in [2.05, 4.69) is 53.2 Å². The third-order valence-electron chi connectivity index (χ3n) is 14.3. The molecule has 0 radical (unpaired) electrons. The van der Waals surface area contributed by atoms with E-state index >= 15 is 0 Å². The Morgan fingerprint density at radius 1 is 1.10 bits per heavy atom. The van der Waals surface area contributed by atoms with Crippen molar-refractivity contribution in [1.82, 2.24) is 24.3 Å². The minimum Gasteiger partial charge on any atom is -0.490 e. The van der Waals surface area contributed by atoms with E-state index < -0.39 is 27.3 Å². The first-order chi connectivity index (χ1) is 29.9. The third-order valence-corrected chi connectivity index (χ3v) is 16.6. The van der Waals surface area contributed by atoms with Gasteiger partial charge in [0.25, 0.3) is 11.8 Å². The normalized spacial score (nSPS) is 31.3. The number of hydrogen-bond acceptors (Lipinski definition) is 11. The number of rotatable bonds is 7. The summed E-state index contributed by atoms with van der Waals surface area (Å²) in [5.41, 5.74) is 2.81.